The molecule has 0 bridgehead atoms. The van der Waals surface area contributed by atoms with Crippen LogP contribution >= 0.6 is 22.6 Å². The van der Waals surface area contributed by atoms with Crippen molar-refractivity contribution >= 4 is 22.6 Å². The smallest absolute Gasteiger partial charge is 0.368 e. The number of rotatable bonds is 0. The molecule has 1 aromatic carbocycles. The van der Waals surface area contributed by atoms with E-state index in [9.17, 15) is 0 Å². The molecule has 0 N–H and O–H groups in total. The van der Waals surface area contributed by atoms with Crippen molar-refractivity contribution in [3.63, 3.8) is 0 Å². The molecule has 1 heterocycles. The van der Waals surface area contributed by atoms with Crippen molar-refractivity contribution in [1.82, 2.24) is 0 Å². The largest absolute Gasteiger partial charge is 0.427 e. The Hall–Kier alpha value is -0.270. The van der Waals surface area contributed by atoms with Gasteiger partial charge in [-0.25, -0.2) is 0 Å². The first-order valence-corrected chi connectivity index (χ1v) is 5.97. The van der Waals surface area contributed by atoms with Gasteiger partial charge in [0.2, 0.25) is 0 Å². The van der Waals surface area contributed by atoms with E-state index >= 15 is 0 Å². The molecule has 2 nitrogen and oxygen atoms in total. The SMILES string of the molecule is BrP1Oc2ccccc2O1. The average Bonchev–Trinajstić information content (AvgIpc) is 2.27. The van der Waals surface area contributed by atoms with Crippen molar-refractivity contribution < 1.29 is 9.05 Å². The zero-order chi connectivity index (χ0) is 6.97. The predicted octanol–water partition coefficient (Wildman–Crippen LogP) is 3.08. The maximum atomic E-state index is 5.27. The Morgan fingerprint density at radius 3 is 2.10 bits per heavy atom. The Labute approximate surface area is 67.8 Å². The van der Waals surface area contributed by atoms with E-state index < -0.39 is 7.08 Å². The summed E-state index contributed by atoms with van der Waals surface area (Å²) in [5.74, 6) is 1.65. The Morgan fingerprint density at radius 1 is 1.10 bits per heavy atom. The summed E-state index contributed by atoms with van der Waals surface area (Å²) in [6, 6.07) is 7.62. The molecule has 10 heavy (non-hydrogen) atoms. The molecular formula is C6H4BrO2P. The van der Waals surface area contributed by atoms with Crippen LogP contribution in [0.1, 0.15) is 0 Å². The molecule has 4 heteroatoms. The maximum Gasteiger partial charge on any atom is 0.368 e. The summed E-state index contributed by atoms with van der Waals surface area (Å²) in [7, 11) is -0.879. The third-order valence-electron chi connectivity index (χ3n) is 1.19. The fourth-order valence-electron chi connectivity index (χ4n) is 0.774. The molecule has 0 saturated carbocycles. The monoisotopic (exact) mass is 218 g/mol. The van der Waals surface area contributed by atoms with E-state index in [1.807, 2.05) is 24.3 Å². The van der Waals surface area contributed by atoms with Crippen LogP contribution in [0.15, 0.2) is 24.3 Å². The van der Waals surface area contributed by atoms with Crippen LogP contribution in [0.25, 0.3) is 0 Å². The Balaban J connectivity index is 2.42. The van der Waals surface area contributed by atoms with Crippen LogP contribution in [-0.4, -0.2) is 0 Å². The second-order valence-corrected chi connectivity index (χ2v) is 4.37. The summed E-state index contributed by atoms with van der Waals surface area (Å²) in [6.07, 6.45) is 0. The highest BCUT2D eigenvalue weighted by Gasteiger charge is 2.21. The van der Waals surface area contributed by atoms with Crippen LogP contribution in [0.4, 0.5) is 0 Å². The van der Waals surface area contributed by atoms with E-state index in [2.05, 4.69) is 15.5 Å². The third kappa shape index (κ3) is 0.998. The molecule has 0 saturated heterocycles. The molecule has 0 amide bonds. The molecule has 0 aromatic heterocycles. The van der Waals surface area contributed by atoms with Crippen LogP contribution in [0.3, 0.4) is 0 Å². The summed E-state index contributed by atoms with van der Waals surface area (Å²) in [4.78, 5) is 0. The van der Waals surface area contributed by atoms with Gasteiger partial charge < -0.3 is 9.05 Å². The minimum Gasteiger partial charge on any atom is -0.427 e. The fourth-order valence-corrected chi connectivity index (χ4v) is 2.36. The van der Waals surface area contributed by atoms with Gasteiger partial charge in [-0.1, -0.05) is 12.1 Å². The highest BCUT2D eigenvalue weighted by Crippen LogP contribution is 2.56. The van der Waals surface area contributed by atoms with Crippen molar-refractivity contribution in [3.05, 3.63) is 24.3 Å². The van der Waals surface area contributed by atoms with E-state index in [0.717, 1.165) is 11.5 Å². The van der Waals surface area contributed by atoms with E-state index in [0.29, 0.717) is 0 Å². The van der Waals surface area contributed by atoms with Crippen LogP contribution in [0.2, 0.25) is 0 Å². The van der Waals surface area contributed by atoms with Gasteiger partial charge in [-0.15, -0.1) is 0 Å². The van der Waals surface area contributed by atoms with E-state index in [-0.39, 0.29) is 0 Å². The lowest BCUT2D eigenvalue weighted by molar-refractivity contribution is 0.598. The molecule has 0 fully saturated rings. The number of benzene rings is 1. The summed E-state index contributed by atoms with van der Waals surface area (Å²) in [5.41, 5.74) is 0. The molecule has 1 aliphatic heterocycles. The molecule has 0 radical (unpaired) electrons. The first-order chi connectivity index (χ1) is 4.86. The molecule has 2 rings (SSSR count). The lowest BCUT2D eigenvalue weighted by atomic mass is 10.3. The van der Waals surface area contributed by atoms with Gasteiger partial charge in [0.15, 0.2) is 11.5 Å². The van der Waals surface area contributed by atoms with Gasteiger partial charge in [0.05, 0.1) is 0 Å². The highest BCUT2D eigenvalue weighted by atomic mass is 79.9. The van der Waals surface area contributed by atoms with Crippen LogP contribution in [0, 0.1) is 0 Å². The van der Waals surface area contributed by atoms with Crippen molar-refractivity contribution in [2.24, 2.45) is 0 Å². The topological polar surface area (TPSA) is 18.5 Å². The van der Waals surface area contributed by atoms with Gasteiger partial charge in [0.1, 0.15) is 0 Å². The molecule has 1 aromatic rings. The maximum absolute atomic E-state index is 5.27. The molecule has 1 aliphatic rings. The van der Waals surface area contributed by atoms with E-state index in [4.69, 9.17) is 9.05 Å². The minimum absolute atomic E-state index is 0.825. The molecule has 0 atom stereocenters. The zero-order valence-electron chi connectivity index (χ0n) is 4.95. The Kier molecular flexibility index (Phi) is 1.55. The van der Waals surface area contributed by atoms with E-state index in [1.54, 1.807) is 0 Å². The predicted molar refractivity (Wildman–Crippen MR) is 43.5 cm³/mol. The Bertz CT molecular complexity index is 228. The quantitative estimate of drug-likeness (QED) is 0.624. The summed E-state index contributed by atoms with van der Waals surface area (Å²) in [6.45, 7) is 0. The first-order valence-electron chi connectivity index (χ1n) is 2.77. The number of para-hydroxylation sites is 2. The second-order valence-electron chi connectivity index (χ2n) is 1.84. The molecular weight excluding hydrogens is 215 g/mol. The van der Waals surface area contributed by atoms with Crippen molar-refractivity contribution in [1.29, 1.82) is 0 Å². The van der Waals surface area contributed by atoms with Gasteiger partial charge in [-0.3, -0.25) is 0 Å². The van der Waals surface area contributed by atoms with Gasteiger partial charge in [-0.2, -0.15) is 0 Å². The second kappa shape index (κ2) is 2.40. The minimum atomic E-state index is -0.879. The van der Waals surface area contributed by atoms with Crippen molar-refractivity contribution in [2.45, 2.75) is 0 Å². The highest BCUT2D eigenvalue weighted by molar-refractivity contribution is 9.38. The molecule has 0 spiro atoms. The molecule has 0 aliphatic carbocycles. The van der Waals surface area contributed by atoms with Crippen LogP contribution in [0.5, 0.6) is 11.5 Å². The lowest BCUT2D eigenvalue weighted by Crippen LogP contribution is -1.71. The van der Waals surface area contributed by atoms with E-state index in [1.165, 1.54) is 0 Å². The summed E-state index contributed by atoms with van der Waals surface area (Å²) in [5, 5.41) is 0. The lowest BCUT2D eigenvalue weighted by Gasteiger charge is -1.93. The van der Waals surface area contributed by atoms with Gasteiger partial charge >= 0.3 is 7.08 Å². The van der Waals surface area contributed by atoms with Gasteiger partial charge in [0.25, 0.3) is 0 Å². The standard InChI is InChI=1S/C6H4BrO2P/c7-10-8-5-3-1-2-4-6(5)9-10/h1-4H. The van der Waals surface area contributed by atoms with Crippen molar-refractivity contribution in [2.75, 3.05) is 0 Å². The average molecular weight is 219 g/mol. The van der Waals surface area contributed by atoms with Crippen LogP contribution < -0.4 is 9.05 Å². The Morgan fingerprint density at radius 2 is 1.60 bits per heavy atom. The first kappa shape index (κ1) is 6.44. The number of fused-ring (bicyclic) bond motifs is 1. The fraction of sp³-hybridized carbons (Fsp3) is 0. The third-order valence-corrected chi connectivity index (χ3v) is 2.74. The van der Waals surface area contributed by atoms with Crippen LogP contribution in [-0.2, 0) is 0 Å². The zero-order valence-corrected chi connectivity index (χ0v) is 7.43. The number of hydrogen-bond acceptors (Lipinski definition) is 2. The molecule has 0 unspecified atom stereocenters. The molecule has 52 valence electrons. The number of halogens is 1. The van der Waals surface area contributed by atoms with Crippen molar-refractivity contribution in [3.8, 4) is 11.5 Å². The normalized spacial score (nSPS) is 15.7. The number of hydrogen-bond donors (Lipinski definition) is 0. The summed E-state index contributed by atoms with van der Waals surface area (Å²) >= 11 is 3.24. The summed E-state index contributed by atoms with van der Waals surface area (Å²) < 4.78 is 10.5. The van der Waals surface area contributed by atoms with Gasteiger partial charge in [-0.05, 0) is 12.1 Å². The van der Waals surface area contributed by atoms with Gasteiger partial charge in [0, 0.05) is 15.5 Å².